The molecule has 2 atom stereocenters. The fraction of sp³-hybridized carbons (Fsp3) is 0.192. The molecule has 0 saturated carbocycles. The van der Waals surface area contributed by atoms with Crippen LogP contribution in [0.15, 0.2) is 90.0 Å². The van der Waals surface area contributed by atoms with Crippen molar-refractivity contribution in [3.63, 3.8) is 0 Å². The van der Waals surface area contributed by atoms with Gasteiger partial charge in [0, 0.05) is 10.9 Å². The molecule has 2 unspecified atom stereocenters. The lowest BCUT2D eigenvalue weighted by molar-refractivity contribution is -0.112. The number of benzene rings is 2. The van der Waals surface area contributed by atoms with Crippen molar-refractivity contribution in [3.05, 3.63) is 102 Å². The quantitative estimate of drug-likeness (QED) is 0.393. The zero-order chi connectivity index (χ0) is 23.2. The predicted molar refractivity (Wildman–Crippen MR) is 133 cm³/mol. The van der Waals surface area contributed by atoms with Crippen molar-refractivity contribution in [3.8, 4) is 0 Å². The van der Waals surface area contributed by atoms with E-state index < -0.39 is 6.17 Å². The van der Waals surface area contributed by atoms with Crippen LogP contribution < -0.4 is 11.5 Å². The molecule has 0 amide bonds. The maximum Gasteiger partial charge on any atom is 0.180 e. The van der Waals surface area contributed by atoms with Crippen LogP contribution >= 0.6 is 12.6 Å². The van der Waals surface area contributed by atoms with Crippen LogP contribution in [-0.4, -0.2) is 12.3 Å². The fourth-order valence-electron chi connectivity index (χ4n) is 2.88. The summed E-state index contributed by atoms with van der Waals surface area (Å²) in [5.41, 5.74) is 15.3. The van der Waals surface area contributed by atoms with Crippen LogP contribution in [0.3, 0.4) is 0 Å². The number of alkyl halides is 1. The normalized spacial score (nSPS) is 16.0. The van der Waals surface area contributed by atoms with Crippen molar-refractivity contribution in [1.29, 1.82) is 0 Å². The molecule has 1 aliphatic carbocycles. The average Bonchev–Trinajstić information content (AvgIpc) is 2.81. The van der Waals surface area contributed by atoms with E-state index in [2.05, 4.69) is 49.2 Å². The standard InChI is InChI=1S/C22H20FNOS.C2H5N.C2H6/c23-20(14-25)18-8-6-16(22(26)13-18)7-9-19-12-17(10-11-21(19)24)15-4-2-1-3-5-15;1-2-3;1-2/h1-10,12-14,20-21,26H,11,24H2;2H,1,3H2;1-2H3/b9-7+;;. The van der Waals surface area contributed by atoms with E-state index in [1.165, 1.54) is 6.20 Å². The molecule has 4 N–H and O–H groups in total. The number of hydrogen-bond acceptors (Lipinski definition) is 4. The first-order valence-corrected chi connectivity index (χ1v) is 10.6. The Hall–Kier alpha value is -2.89. The Balaban J connectivity index is 0.000000884. The number of nitrogens with two attached hydrogens (primary N) is 2. The van der Waals surface area contributed by atoms with E-state index in [0.29, 0.717) is 10.5 Å². The molecule has 0 fully saturated rings. The van der Waals surface area contributed by atoms with Gasteiger partial charge in [-0.05, 0) is 52.6 Å². The van der Waals surface area contributed by atoms with Crippen LogP contribution in [-0.2, 0) is 4.79 Å². The van der Waals surface area contributed by atoms with Crippen LogP contribution in [0.4, 0.5) is 4.39 Å². The molecule has 2 aromatic carbocycles. The molecular formula is C26H31FN2OS. The van der Waals surface area contributed by atoms with Crippen molar-refractivity contribution < 1.29 is 9.18 Å². The number of allylic oxidation sites excluding steroid dienone is 2. The monoisotopic (exact) mass is 438 g/mol. The van der Waals surface area contributed by atoms with Crippen LogP contribution in [0, 0.1) is 0 Å². The number of halogens is 1. The minimum absolute atomic E-state index is 0.0633. The van der Waals surface area contributed by atoms with Crippen molar-refractivity contribution in [1.82, 2.24) is 0 Å². The lowest BCUT2D eigenvalue weighted by Gasteiger charge is -2.18. The molecule has 3 rings (SSSR count). The molecule has 31 heavy (non-hydrogen) atoms. The molecule has 0 aliphatic heterocycles. The summed E-state index contributed by atoms with van der Waals surface area (Å²) in [5, 5.41) is 0. The van der Waals surface area contributed by atoms with Gasteiger partial charge in [0.1, 0.15) is 0 Å². The Morgan fingerprint density at radius 1 is 1.16 bits per heavy atom. The molecular weight excluding hydrogens is 407 g/mol. The smallest absolute Gasteiger partial charge is 0.180 e. The van der Waals surface area contributed by atoms with Gasteiger partial charge < -0.3 is 11.5 Å². The molecule has 0 heterocycles. The van der Waals surface area contributed by atoms with Crippen LogP contribution in [0.5, 0.6) is 0 Å². The molecule has 3 nitrogen and oxygen atoms in total. The van der Waals surface area contributed by atoms with Crippen LogP contribution in [0.2, 0.25) is 0 Å². The Morgan fingerprint density at radius 2 is 1.81 bits per heavy atom. The number of rotatable bonds is 5. The fourth-order valence-corrected chi connectivity index (χ4v) is 3.17. The highest BCUT2D eigenvalue weighted by Crippen LogP contribution is 2.27. The second-order valence-electron chi connectivity index (χ2n) is 6.44. The summed E-state index contributed by atoms with van der Waals surface area (Å²) in [6.45, 7) is 7.14. The number of aldehydes is 1. The summed E-state index contributed by atoms with van der Waals surface area (Å²) < 4.78 is 13.5. The summed E-state index contributed by atoms with van der Waals surface area (Å²) in [6, 6.07) is 15.0. The minimum Gasteiger partial charge on any atom is -0.405 e. The SMILES string of the molecule is C=CN.CC.NC1CC=C(c2ccccc2)C=C1/C=C/c1ccc(C(F)C=O)cc1S. The summed E-state index contributed by atoms with van der Waals surface area (Å²) >= 11 is 4.40. The summed E-state index contributed by atoms with van der Waals surface area (Å²) in [4.78, 5) is 11.2. The predicted octanol–water partition coefficient (Wildman–Crippen LogP) is 6.05. The number of carbonyl (C=O) groups excluding carboxylic acids is 1. The Kier molecular flexibility index (Phi) is 12.0. The van der Waals surface area contributed by atoms with Gasteiger partial charge in [0.15, 0.2) is 12.5 Å². The molecule has 0 saturated heterocycles. The van der Waals surface area contributed by atoms with Gasteiger partial charge in [-0.2, -0.15) is 0 Å². The average molecular weight is 439 g/mol. The first-order valence-electron chi connectivity index (χ1n) is 10.2. The first kappa shape index (κ1) is 26.1. The maximum absolute atomic E-state index is 13.5. The van der Waals surface area contributed by atoms with Gasteiger partial charge in [-0.3, -0.25) is 4.79 Å². The van der Waals surface area contributed by atoms with Crippen molar-refractivity contribution >= 4 is 30.6 Å². The highest BCUT2D eigenvalue weighted by Gasteiger charge is 2.13. The minimum atomic E-state index is -1.62. The van der Waals surface area contributed by atoms with E-state index in [9.17, 15) is 9.18 Å². The van der Waals surface area contributed by atoms with E-state index in [1.807, 2.05) is 44.2 Å². The molecule has 164 valence electrons. The summed E-state index contributed by atoms with van der Waals surface area (Å²) in [6.07, 6.45) is 8.82. The maximum atomic E-state index is 13.5. The Bertz CT molecular complexity index is 936. The number of thiol groups is 1. The Labute approximate surface area is 190 Å². The molecule has 1 aliphatic rings. The van der Waals surface area contributed by atoms with Crippen LogP contribution in [0.1, 0.15) is 43.1 Å². The lowest BCUT2D eigenvalue weighted by Crippen LogP contribution is -2.23. The third-order valence-corrected chi connectivity index (χ3v) is 4.78. The van der Waals surface area contributed by atoms with E-state index in [4.69, 9.17) is 5.73 Å². The number of carbonyl (C=O) groups is 1. The summed E-state index contributed by atoms with van der Waals surface area (Å²) in [7, 11) is 0. The highest BCUT2D eigenvalue weighted by molar-refractivity contribution is 7.80. The molecule has 0 radical (unpaired) electrons. The zero-order valence-corrected chi connectivity index (χ0v) is 18.9. The van der Waals surface area contributed by atoms with E-state index in [0.717, 1.165) is 28.7 Å². The molecule has 0 spiro atoms. The van der Waals surface area contributed by atoms with Crippen molar-refractivity contribution in [2.75, 3.05) is 0 Å². The molecule has 5 heteroatoms. The molecule has 0 bridgehead atoms. The Morgan fingerprint density at radius 3 is 2.39 bits per heavy atom. The van der Waals surface area contributed by atoms with Crippen LogP contribution in [0.25, 0.3) is 11.6 Å². The van der Waals surface area contributed by atoms with Gasteiger partial charge in [0.2, 0.25) is 0 Å². The van der Waals surface area contributed by atoms with E-state index >= 15 is 0 Å². The first-order chi connectivity index (χ1) is 15.0. The van der Waals surface area contributed by atoms with Crippen molar-refractivity contribution in [2.45, 2.75) is 37.4 Å². The molecule has 2 aromatic rings. The second kappa shape index (κ2) is 14.2. The van der Waals surface area contributed by atoms with Gasteiger partial charge in [0.05, 0.1) is 0 Å². The van der Waals surface area contributed by atoms with Gasteiger partial charge in [0.25, 0.3) is 0 Å². The molecule has 0 aromatic heterocycles. The lowest BCUT2D eigenvalue weighted by atomic mass is 9.91. The largest absolute Gasteiger partial charge is 0.405 e. The third-order valence-electron chi connectivity index (χ3n) is 4.40. The topological polar surface area (TPSA) is 69.1 Å². The van der Waals surface area contributed by atoms with Gasteiger partial charge in [-0.15, -0.1) is 12.6 Å². The third kappa shape index (κ3) is 8.04. The van der Waals surface area contributed by atoms with Gasteiger partial charge >= 0.3 is 0 Å². The highest BCUT2D eigenvalue weighted by atomic mass is 32.1. The number of hydrogen-bond donors (Lipinski definition) is 3. The summed E-state index contributed by atoms with van der Waals surface area (Å²) in [5.74, 6) is 0. The second-order valence-corrected chi connectivity index (χ2v) is 6.92. The van der Waals surface area contributed by atoms with Gasteiger partial charge in [-0.25, -0.2) is 4.39 Å². The van der Waals surface area contributed by atoms with Gasteiger partial charge in [-0.1, -0.05) is 81.1 Å². The van der Waals surface area contributed by atoms with Crippen molar-refractivity contribution in [2.24, 2.45) is 11.5 Å². The zero-order valence-electron chi connectivity index (χ0n) is 18.0. The van der Waals surface area contributed by atoms with E-state index in [1.54, 1.807) is 18.2 Å². The van der Waals surface area contributed by atoms with E-state index in [-0.39, 0.29) is 12.3 Å².